The molecule has 0 amide bonds. The van der Waals surface area contributed by atoms with Crippen LogP contribution in [0.4, 0.5) is 0 Å². The molecule has 0 N–H and O–H groups in total. The molecule has 0 spiro atoms. The van der Waals surface area contributed by atoms with E-state index in [9.17, 15) is 0 Å². The van der Waals surface area contributed by atoms with Crippen molar-refractivity contribution in [1.29, 1.82) is 0 Å². The zero-order chi connectivity index (χ0) is 0. The van der Waals surface area contributed by atoms with Gasteiger partial charge in [-0.1, -0.05) is 0 Å². The molecule has 0 atom stereocenters. The van der Waals surface area contributed by atoms with E-state index in [0.29, 0.717) is 0 Å². The minimum Gasteiger partial charge on any atom is 0 e. The van der Waals surface area contributed by atoms with Crippen LogP contribution in [0.2, 0.25) is 0 Å². The first-order chi connectivity index (χ1) is 0. The average molecular weight is 236 g/mol. The Kier molecular flexibility index (Phi) is 220. The maximum atomic E-state index is 0. The normalized spacial score (nSPS) is 0. The molecule has 0 fully saturated rings. The molecule has 0 rings (SSSR count). The van der Waals surface area contributed by atoms with Gasteiger partial charge in [0.25, 0.3) is 0 Å². The molecular weight excluding hydrogens is 236 g/mol. The summed E-state index contributed by atoms with van der Waals surface area (Å²) in [6, 6.07) is 0. The number of rotatable bonds is 0. The molecule has 4 heavy (non-hydrogen) atoms. The third kappa shape index (κ3) is 9.19. The van der Waals surface area contributed by atoms with Gasteiger partial charge in [0, 0.05) is 64.1 Å². The molecule has 0 aliphatic rings. The van der Waals surface area contributed by atoms with Gasteiger partial charge in [0.05, 0.1) is 0 Å². The van der Waals surface area contributed by atoms with Gasteiger partial charge in [0.15, 0.2) is 0 Å². The van der Waals surface area contributed by atoms with Crippen LogP contribution in [0.25, 0.3) is 0 Å². The monoisotopic (exact) mass is 235 g/mol. The molecule has 0 aromatic rings. The fourth-order valence-corrected chi connectivity index (χ4v) is 0. The Morgan fingerprint density at radius 3 is 1.00 bits per heavy atom. The van der Waals surface area contributed by atoms with E-state index in [-0.39, 0.29) is 64.1 Å². The molecule has 0 aliphatic heterocycles. The summed E-state index contributed by atoms with van der Waals surface area (Å²) in [5, 5.41) is 0. The first kappa shape index (κ1) is 41.1. The molecule has 0 unspecified atom stereocenters. The summed E-state index contributed by atoms with van der Waals surface area (Å²) in [5.74, 6) is 0. The van der Waals surface area contributed by atoms with Gasteiger partial charge in [-0.2, -0.15) is 0 Å². The predicted octanol–water partition coefficient (Wildman–Crippen LogP) is -0.388. The summed E-state index contributed by atoms with van der Waals surface area (Å²) in [4.78, 5) is 0. The van der Waals surface area contributed by atoms with Gasteiger partial charge < -0.3 is 0 Å². The molecule has 0 aromatic heterocycles. The van der Waals surface area contributed by atoms with Crippen molar-refractivity contribution in [2.24, 2.45) is 0 Å². The molecule has 0 bridgehead atoms. The second-order valence-electron chi connectivity index (χ2n) is 0. The molecule has 4 heteroatoms. The minimum absolute atomic E-state index is 0. The number of hydrogen-bond donors (Lipinski definition) is 0. The standard InChI is InChI=1S/Ag.B.Co.Ni. The Morgan fingerprint density at radius 2 is 1.00 bits per heavy atom. The maximum Gasteiger partial charge on any atom is 0 e. The Bertz CT molecular complexity index is 8.00. The van der Waals surface area contributed by atoms with Gasteiger partial charge in [0.2, 0.25) is 0 Å². The van der Waals surface area contributed by atoms with Gasteiger partial charge in [-0.05, 0) is 0 Å². The summed E-state index contributed by atoms with van der Waals surface area (Å²) in [7, 11) is 0. The van der Waals surface area contributed by atoms with Gasteiger partial charge >= 0.3 is 0 Å². The maximum absolute atomic E-state index is 0. The molecule has 0 saturated carbocycles. The molecule has 0 aromatic carbocycles. The van der Waals surface area contributed by atoms with E-state index >= 15 is 0 Å². The van der Waals surface area contributed by atoms with Crippen molar-refractivity contribution in [1.82, 2.24) is 0 Å². The molecule has 5 radical (unpaired) electrons. The van der Waals surface area contributed by atoms with Crippen LogP contribution in [0.3, 0.4) is 0 Å². The van der Waals surface area contributed by atoms with E-state index in [0.717, 1.165) is 0 Å². The summed E-state index contributed by atoms with van der Waals surface area (Å²) in [6.07, 6.45) is 0. The van der Waals surface area contributed by atoms with Crippen LogP contribution in [0.1, 0.15) is 0 Å². The van der Waals surface area contributed by atoms with Crippen LogP contribution in [-0.2, 0) is 55.7 Å². The Morgan fingerprint density at radius 1 is 1.00 bits per heavy atom. The minimum atomic E-state index is 0. The van der Waals surface area contributed by atoms with E-state index in [1.165, 1.54) is 0 Å². The van der Waals surface area contributed by atoms with E-state index in [2.05, 4.69) is 0 Å². The molecule has 33 valence electrons. The second kappa shape index (κ2) is 21.4. The zero-order valence-corrected chi connectivity index (χ0v) is 5.04. The van der Waals surface area contributed by atoms with Crippen molar-refractivity contribution >= 4 is 8.41 Å². The number of hydrogen-bond acceptors (Lipinski definition) is 0. The average Bonchev–Trinajstić information content (AvgIpc) is 0. The van der Waals surface area contributed by atoms with Crippen molar-refractivity contribution in [3.63, 3.8) is 0 Å². The Hall–Kier alpha value is 1.81. The molecule has 0 saturated heterocycles. The fraction of sp³-hybridized carbons (Fsp3) is 0. The third-order valence-corrected chi connectivity index (χ3v) is 0. The molecule has 0 aliphatic carbocycles. The molecule has 0 heterocycles. The van der Waals surface area contributed by atoms with Crippen LogP contribution in [-0.4, -0.2) is 8.41 Å². The second-order valence-corrected chi connectivity index (χ2v) is 0. The van der Waals surface area contributed by atoms with Crippen LogP contribution in [0.15, 0.2) is 0 Å². The smallest absolute Gasteiger partial charge is 0 e. The first-order valence-electron chi connectivity index (χ1n) is 0. The van der Waals surface area contributed by atoms with Gasteiger partial charge in [-0.25, -0.2) is 0 Å². The van der Waals surface area contributed by atoms with Crippen molar-refractivity contribution < 1.29 is 55.7 Å². The van der Waals surface area contributed by atoms with Gasteiger partial charge in [-0.3, -0.25) is 0 Å². The summed E-state index contributed by atoms with van der Waals surface area (Å²) in [5.41, 5.74) is 0. The van der Waals surface area contributed by atoms with Crippen molar-refractivity contribution in [2.45, 2.75) is 0 Å². The quantitative estimate of drug-likeness (QED) is 0.503. The van der Waals surface area contributed by atoms with Gasteiger partial charge in [-0.15, -0.1) is 0 Å². The fourth-order valence-electron chi connectivity index (χ4n) is 0. The summed E-state index contributed by atoms with van der Waals surface area (Å²) >= 11 is 0. The Balaban J connectivity index is 0. The van der Waals surface area contributed by atoms with Gasteiger partial charge in [0.1, 0.15) is 0 Å². The van der Waals surface area contributed by atoms with Crippen molar-refractivity contribution in [2.75, 3.05) is 0 Å². The van der Waals surface area contributed by atoms with E-state index in [1.807, 2.05) is 0 Å². The molecule has 0 nitrogen and oxygen atoms in total. The van der Waals surface area contributed by atoms with E-state index in [4.69, 9.17) is 0 Å². The zero-order valence-electron chi connectivity index (χ0n) is 1.53. The summed E-state index contributed by atoms with van der Waals surface area (Å²) < 4.78 is 0. The topological polar surface area (TPSA) is 0 Å². The Labute approximate surface area is 63.7 Å². The van der Waals surface area contributed by atoms with E-state index in [1.54, 1.807) is 0 Å². The summed E-state index contributed by atoms with van der Waals surface area (Å²) in [6.45, 7) is 0. The third-order valence-electron chi connectivity index (χ3n) is 0. The van der Waals surface area contributed by atoms with Crippen LogP contribution < -0.4 is 0 Å². The van der Waals surface area contributed by atoms with Crippen molar-refractivity contribution in [3.05, 3.63) is 0 Å². The van der Waals surface area contributed by atoms with Crippen LogP contribution in [0, 0.1) is 0 Å². The van der Waals surface area contributed by atoms with Crippen LogP contribution in [0.5, 0.6) is 0 Å². The predicted molar refractivity (Wildman–Crippen MR) is 5.75 cm³/mol. The first-order valence-corrected chi connectivity index (χ1v) is 0. The van der Waals surface area contributed by atoms with Crippen molar-refractivity contribution in [3.8, 4) is 0 Å². The molecular formula is AgBCoNi. The SMILES string of the molecule is [Ag].[B].[Co].[Ni]. The van der Waals surface area contributed by atoms with Crippen LogP contribution >= 0.6 is 0 Å². The van der Waals surface area contributed by atoms with E-state index < -0.39 is 0 Å². The largest absolute Gasteiger partial charge is 0 e.